The van der Waals surface area contributed by atoms with Crippen molar-refractivity contribution >= 4 is 39.3 Å². The van der Waals surface area contributed by atoms with E-state index in [-0.39, 0.29) is 29.2 Å². The molecule has 1 unspecified atom stereocenters. The van der Waals surface area contributed by atoms with Gasteiger partial charge in [0, 0.05) is 16.6 Å². The summed E-state index contributed by atoms with van der Waals surface area (Å²) < 4.78 is 28.3. The minimum atomic E-state index is -3.81. The molecule has 0 radical (unpaired) electrons. The zero-order chi connectivity index (χ0) is 22.2. The fraction of sp³-hybridized carbons (Fsp3) is 0.364. The lowest BCUT2D eigenvalue weighted by Crippen LogP contribution is -2.38. The van der Waals surface area contributed by atoms with E-state index >= 15 is 0 Å². The Labute approximate surface area is 186 Å². The van der Waals surface area contributed by atoms with E-state index in [0.717, 1.165) is 23.3 Å². The largest absolute Gasteiger partial charge is 0.455 e. The van der Waals surface area contributed by atoms with Gasteiger partial charge in [-0.15, -0.1) is 11.8 Å². The molecule has 1 aliphatic carbocycles. The van der Waals surface area contributed by atoms with E-state index in [4.69, 9.17) is 9.88 Å². The van der Waals surface area contributed by atoms with Crippen LogP contribution in [0.25, 0.3) is 0 Å². The van der Waals surface area contributed by atoms with Crippen molar-refractivity contribution < 1.29 is 22.7 Å². The molecule has 31 heavy (non-hydrogen) atoms. The summed E-state index contributed by atoms with van der Waals surface area (Å²) in [5.74, 6) is -0.656. The Morgan fingerprint density at radius 1 is 1.13 bits per heavy atom. The third-order valence-corrected chi connectivity index (χ3v) is 7.53. The van der Waals surface area contributed by atoms with Gasteiger partial charge in [0.2, 0.25) is 10.0 Å². The average Bonchev–Trinajstić information content (AvgIpc) is 3.31. The van der Waals surface area contributed by atoms with Crippen molar-refractivity contribution in [3.8, 4) is 0 Å². The molecule has 4 rings (SSSR count). The molecule has 1 atom stereocenters. The van der Waals surface area contributed by atoms with Crippen LogP contribution < -0.4 is 10.0 Å². The van der Waals surface area contributed by atoms with Gasteiger partial charge in [-0.25, -0.2) is 13.6 Å². The number of ether oxygens (including phenoxy) is 1. The minimum Gasteiger partial charge on any atom is -0.455 e. The molecular weight excluding hydrogens is 436 g/mol. The lowest BCUT2D eigenvalue weighted by Gasteiger charge is -2.22. The lowest BCUT2D eigenvalue weighted by molar-refractivity contribution is -0.145. The van der Waals surface area contributed by atoms with E-state index in [0.29, 0.717) is 12.1 Å². The maximum absolute atomic E-state index is 12.7. The lowest BCUT2D eigenvalue weighted by atomic mass is 10.1. The number of thioether (sulfide) groups is 1. The molecule has 2 aromatic carbocycles. The number of primary sulfonamides is 1. The van der Waals surface area contributed by atoms with Gasteiger partial charge in [0.25, 0.3) is 5.91 Å². The van der Waals surface area contributed by atoms with Crippen molar-refractivity contribution in [3.63, 3.8) is 0 Å². The van der Waals surface area contributed by atoms with E-state index in [9.17, 15) is 18.0 Å². The molecule has 0 saturated heterocycles. The van der Waals surface area contributed by atoms with Gasteiger partial charge in [-0.1, -0.05) is 6.07 Å². The number of amides is 1. The van der Waals surface area contributed by atoms with Crippen LogP contribution >= 0.6 is 11.8 Å². The third kappa shape index (κ3) is 4.78. The number of hydrogen-bond donors (Lipinski definition) is 1. The first-order chi connectivity index (χ1) is 14.7. The Morgan fingerprint density at radius 2 is 1.90 bits per heavy atom. The second-order valence-corrected chi connectivity index (χ2v) is 10.5. The number of benzene rings is 2. The van der Waals surface area contributed by atoms with Crippen molar-refractivity contribution in [2.24, 2.45) is 5.14 Å². The van der Waals surface area contributed by atoms with Gasteiger partial charge in [-0.05, 0) is 79.6 Å². The molecule has 0 fully saturated rings. The first-order valence-electron chi connectivity index (χ1n) is 10.1. The first kappa shape index (κ1) is 21.9. The van der Waals surface area contributed by atoms with Crippen molar-refractivity contribution in [2.75, 3.05) is 17.3 Å². The molecule has 0 saturated carbocycles. The van der Waals surface area contributed by atoms with Crippen LogP contribution in [0, 0.1) is 0 Å². The molecule has 9 heteroatoms. The second-order valence-electron chi connectivity index (χ2n) is 7.89. The summed E-state index contributed by atoms with van der Waals surface area (Å²) >= 11 is 1.40. The van der Waals surface area contributed by atoms with Crippen LogP contribution in [0.4, 0.5) is 5.69 Å². The Hall–Kier alpha value is -2.36. The number of aryl methyl sites for hydroxylation is 2. The smallest absolute Gasteiger partial charge is 0.316 e. The fourth-order valence-corrected chi connectivity index (χ4v) is 5.52. The molecule has 0 spiro atoms. The first-order valence-corrected chi connectivity index (χ1v) is 12.6. The molecule has 0 aromatic heterocycles. The Bertz CT molecular complexity index is 1150. The number of carbonyl (C=O) groups excluding carboxylic acids is 2. The van der Waals surface area contributed by atoms with Crippen LogP contribution in [0.3, 0.4) is 0 Å². The van der Waals surface area contributed by atoms with Crippen LogP contribution in [0.15, 0.2) is 46.2 Å². The standard InChI is InChI=1S/C22H24N2O5S2/c1-14-9-17-11-19(31(23,27)28)7-8-20(17)24(14)21(25)12-29-22(26)13-30-18-6-5-15-3-2-4-16(15)10-18/h5-8,10-11,14H,2-4,9,12-13H2,1H3,(H2,23,27,28). The number of fused-ring (bicyclic) bond motifs is 2. The summed E-state index contributed by atoms with van der Waals surface area (Å²) in [5.41, 5.74) is 4.08. The maximum atomic E-state index is 12.7. The molecule has 1 heterocycles. The number of rotatable bonds is 6. The summed E-state index contributed by atoms with van der Waals surface area (Å²) in [5, 5.41) is 5.19. The highest BCUT2D eigenvalue weighted by molar-refractivity contribution is 8.00. The molecular formula is C22H24N2O5S2. The van der Waals surface area contributed by atoms with E-state index in [1.807, 2.05) is 13.0 Å². The zero-order valence-corrected chi connectivity index (χ0v) is 18.8. The van der Waals surface area contributed by atoms with Gasteiger partial charge in [-0.2, -0.15) is 0 Å². The quantitative estimate of drug-likeness (QED) is 0.524. The molecule has 2 N–H and O–H groups in total. The number of esters is 1. The van der Waals surface area contributed by atoms with Crippen molar-refractivity contribution in [1.82, 2.24) is 0 Å². The molecule has 2 aliphatic rings. The van der Waals surface area contributed by atoms with E-state index in [2.05, 4.69) is 12.1 Å². The number of nitrogens with two attached hydrogens (primary N) is 1. The highest BCUT2D eigenvalue weighted by Gasteiger charge is 2.32. The highest BCUT2D eigenvalue weighted by Crippen LogP contribution is 2.34. The molecule has 164 valence electrons. The van der Waals surface area contributed by atoms with Gasteiger partial charge in [0.1, 0.15) is 0 Å². The van der Waals surface area contributed by atoms with Crippen LogP contribution in [-0.4, -0.2) is 38.7 Å². The Kier molecular flexibility index (Phi) is 6.09. The normalized spacial score (nSPS) is 17.4. The van der Waals surface area contributed by atoms with Crippen LogP contribution in [0.2, 0.25) is 0 Å². The number of hydrogen-bond acceptors (Lipinski definition) is 6. The van der Waals surface area contributed by atoms with Crippen molar-refractivity contribution in [1.29, 1.82) is 0 Å². The monoisotopic (exact) mass is 460 g/mol. The van der Waals surface area contributed by atoms with E-state index in [1.165, 1.54) is 41.4 Å². The van der Waals surface area contributed by atoms with Gasteiger partial charge in [-0.3, -0.25) is 9.59 Å². The van der Waals surface area contributed by atoms with Crippen LogP contribution in [0.1, 0.15) is 30.0 Å². The minimum absolute atomic E-state index is 0.0164. The average molecular weight is 461 g/mol. The SMILES string of the molecule is CC1Cc2cc(S(N)(=O)=O)ccc2N1C(=O)COC(=O)CSc1ccc2c(c1)CCC2. The van der Waals surface area contributed by atoms with Gasteiger partial charge >= 0.3 is 5.97 Å². The number of nitrogens with zero attached hydrogens (tertiary/aromatic N) is 1. The van der Waals surface area contributed by atoms with E-state index in [1.54, 1.807) is 11.0 Å². The Morgan fingerprint density at radius 3 is 2.68 bits per heavy atom. The van der Waals surface area contributed by atoms with Crippen molar-refractivity contribution in [3.05, 3.63) is 53.1 Å². The topological polar surface area (TPSA) is 107 Å². The van der Waals surface area contributed by atoms with Gasteiger partial charge in [0.15, 0.2) is 6.61 Å². The predicted molar refractivity (Wildman–Crippen MR) is 119 cm³/mol. The summed E-state index contributed by atoms with van der Waals surface area (Å²) in [6.07, 6.45) is 3.88. The molecule has 0 bridgehead atoms. The third-order valence-electron chi connectivity index (χ3n) is 5.65. The summed E-state index contributed by atoms with van der Waals surface area (Å²) in [4.78, 5) is 27.4. The summed E-state index contributed by atoms with van der Waals surface area (Å²) in [7, 11) is -3.81. The summed E-state index contributed by atoms with van der Waals surface area (Å²) in [6.45, 7) is 1.50. The molecule has 1 amide bonds. The molecule has 2 aromatic rings. The van der Waals surface area contributed by atoms with Crippen molar-refractivity contribution in [2.45, 2.75) is 48.4 Å². The van der Waals surface area contributed by atoms with Crippen LogP contribution in [-0.2, 0) is 43.6 Å². The highest BCUT2D eigenvalue weighted by atomic mass is 32.2. The number of anilines is 1. The maximum Gasteiger partial charge on any atom is 0.316 e. The number of carbonyl (C=O) groups is 2. The van der Waals surface area contributed by atoms with Gasteiger partial charge in [0.05, 0.1) is 10.6 Å². The van der Waals surface area contributed by atoms with Gasteiger partial charge < -0.3 is 9.64 Å². The Balaban J connectivity index is 1.33. The molecule has 1 aliphatic heterocycles. The fourth-order valence-electron chi connectivity index (χ4n) is 4.20. The van der Waals surface area contributed by atoms with Crippen LogP contribution in [0.5, 0.6) is 0 Å². The predicted octanol–water partition coefficient (Wildman–Crippen LogP) is 2.44. The molecule has 7 nitrogen and oxygen atoms in total. The summed E-state index contributed by atoms with van der Waals surface area (Å²) in [6, 6.07) is 10.5. The second kappa shape index (κ2) is 8.64. The number of sulfonamides is 1. The zero-order valence-electron chi connectivity index (χ0n) is 17.2. The van der Waals surface area contributed by atoms with E-state index < -0.39 is 16.0 Å².